The third-order valence-electron chi connectivity index (χ3n) is 3.01. The molecule has 0 aromatic carbocycles. The Kier molecular flexibility index (Phi) is 3.50. The fraction of sp³-hybridized carbons (Fsp3) is 0.545. The Bertz CT molecular complexity index is 567. The molecule has 1 aliphatic rings. The van der Waals surface area contributed by atoms with Gasteiger partial charge in [0.2, 0.25) is 5.88 Å². The largest absolute Gasteiger partial charge is 0.494 e. The first kappa shape index (κ1) is 12.4. The first-order valence-corrected chi connectivity index (χ1v) is 5.91. The molecule has 1 aromatic rings. The van der Waals surface area contributed by atoms with Crippen molar-refractivity contribution in [2.45, 2.75) is 19.3 Å². The molecule has 18 heavy (non-hydrogen) atoms. The molecule has 0 bridgehead atoms. The van der Waals surface area contributed by atoms with Crippen molar-refractivity contribution in [3.63, 3.8) is 0 Å². The van der Waals surface area contributed by atoms with E-state index < -0.39 is 11.2 Å². The highest BCUT2D eigenvalue weighted by molar-refractivity contribution is 5.81. The summed E-state index contributed by atoms with van der Waals surface area (Å²) in [7, 11) is 1.38. The maximum absolute atomic E-state index is 11.5. The van der Waals surface area contributed by atoms with Crippen LogP contribution in [-0.4, -0.2) is 39.0 Å². The topological polar surface area (TPSA) is 90.7 Å². The number of hydrogen-bond donors (Lipinski definition) is 2. The summed E-state index contributed by atoms with van der Waals surface area (Å²) in [5.41, 5.74) is -1.27. The molecule has 7 heteroatoms. The molecule has 0 unspecified atom stereocenters. The van der Waals surface area contributed by atoms with Gasteiger partial charge in [0, 0.05) is 20.1 Å². The van der Waals surface area contributed by atoms with Crippen molar-refractivity contribution < 1.29 is 5.11 Å². The van der Waals surface area contributed by atoms with Gasteiger partial charge in [0.05, 0.1) is 6.21 Å². The van der Waals surface area contributed by atoms with E-state index in [2.05, 4.69) is 10.1 Å². The second-order valence-corrected chi connectivity index (χ2v) is 4.31. The normalized spacial score (nSPS) is 16.4. The average molecular weight is 252 g/mol. The standard InChI is InChI=1S/C11H16N4O3/c1-14-10(17)8(9(16)13-11(14)18)7-12-15-5-3-2-4-6-15/h7,17H,2-6H2,1H3,(H,13,16,18). The van der Waals surface area contributed by atoms with Gasteiger partial charge in [-0.1, -0.05) is 0 Å². The molecule has 0 atom stereocenters. The second-order valence-electron chi connectivity index (χ2n) is 4.31. The van der Waals surface area contributed by atoms with Gasteiger partial charge < -0.3 is 5.11 Å². The lowest BCUT2D eigenvalue weighted by Crippen LogP contribution is -2.31. The number of aromatic hydroxyl groups is 1. The number of hydrogen-bond acceptors (Lipinski definition) is 5. The summed E-state index contributed by atoms with van der Waals surface area (Å²) in [5, 5.41) is 15.7. The van der Waals surface area contributed by atoms with E-state index in [1.54, 1.807) is 0 Å². The molecule has 0 spiro atoms. The van der Waals surface area contributed by atoms with Gasteiger partial charge in [-0.15, -0.1) is 0 Å². The van der Waals surface area contributed by atoms with E-state index in [1.807, 2.05) is 5.01 Å². The molecule has 2 heterocycles. The van der Waals surface area contributed by atoms with Crippen LogP contribution < -0.4 is 11.2 Å². The zero-order valence-electron chi connectivity index (χ0n) is 10.2. The van der Waals surface area contributed by atoms with Crippen LogP contribution in [-0.2, 0) is 7.05 Å². The molecular weight excluding hydrogens is 236 g/mol. The molecule has 2 N–H and O–H groups in total. The van der Waals surface area contributed by atoms with Crippen LogP contribution in [0.5, 0.6) is 5.88 Å². The second kappa shape index (κ2) is 5.07. The first-order valence-electron chi connectivity index (χ1n) is 5.91. The lowest BCUT2D eigenvalue weighted by molar-refractivity contribution is 0.240. The van der Waals surface area contributed by atoms with Crippen LogP contribution in [0.25, 0.3) is 0 Å². The smallest absolute Gasteiger partial charge is 0.330 e. The molecule has 1 fully saturated rings. The van der Waals surface area contributed by atoms with Crippen LogP contribution in [0.4, 0.5) is 0 Å². The van der Waals surface area contributed by atoms with Crippen LogP contribution in [0, 0.1) is 0 Å². The van der Waals surface area contributed by atoms with Gasteiger partial charge in [-0.3, -0.25) is 19.4 Å². The predicted octanol–water partition coefficient (Wildman–Crippen LogP) is -0.401. The number of nitrogens with zero attached hydrogens (tertiary/aromatic N) is 3. The summed E-state index contributed by atoms with van der Waals surface area (Å²) in [6, 6.07) is 0. The fourth-order valence-corrected chi connectivity index (χ4v) is 1.88. The summed E-state index contributed by atoms with van der Waals surface area (Å²) in [6.07, 6.45) is 4.65. The lowest BCUT2D eigenvalue weighted by atomic mass is 10.2. The van der Waals surface area contributed by atoms with Crippen molar-refractivity contribution in [2.75, 3.05) is 13.1 Å². The van der Waals surface area contributed by atoms with E-state index >= 15 is 0 Å². The minimum absolute atomic E-state index is 0.00248. The van der Waals surface area contributed by atoms with Gasteiger partial charge in [-0.05, 0) is 19.3 Å². The van der Waals surface area contributed by atoms with Crippen molar-refractivity contribution in [1.29, 1.82) is 0 Å². The minimum Gasteiger partial charge on any atom is -0.494 e. The van der Waals surface area contributed by atoms with E-state index in [0.29, 0.717) is 0 Å². The maximum atomic E-state index is 11.5. The van der Waals surface area contributed by atoms with Crippen LogP contribution >= 0.6 is 0 Å². The zero-order chi connectivity index (χ0) is 13.1. The number of H-pyrrole nitrogens is 1. The summed E-state index contributed by atoms with van der Waals surface area (Å²) in [5.74, 6) is -0.371. The molecule has 0 radical (unpaired) electrons. The highest BCUT2D eigenvalue weighted by Crippen LogP contribution is 2.10. The molecule has 1 saturated heterocycles. The third-order valence-corrected chi connectivity index (χ3v) is 3.01. The van der Waals surface area contributed by atoms with Crippen molar-refractivity contribution in [3.05, 3.63) is 26.4 Å². The Morgan fingerprint density at radius 1 is 1.28 bits per heavy atom. The summed E-state index contributed by atoms with van der Waals surface area (Å²) in [4.78, 5) is 24.9. The Balaban J connectivity index is 2.28. The monoisotopic (exact) mass is 252 g/mol. The summed E-state index contributed by atoms with van der Waals surface area (Å²) >= 11 is 0. The molecular formula is C11H16N4O3. The maximum Gasteiger partial charge on any atom is 0.330 e. The van der Waals surface area contributed by atoms with Crippen molar-refractivity contribution in [2.24, 2.45) is 12.1 Å². The number of nitrogens with one attached hydrogen (secondary N) is 1. The predicted molar refractivity (Wildman–Crippen MR) is 67.0 cm³/mol. The quantitative estimate of drug-likeness (QED) is 0.701. The van der Waals surface area contributed by atoms with Gasteiger partial charge >= 0.3 is 5.69 Å². The summed E-state index contributed by atoms with van der Waals surface area (Å²) < 4.78 is 0.971. The van der Waals surface area contributed by atoms with E-state index in [0.717, 1.165) is 30.5 Å². The molecule has 0 amide bonds. The average Bonchev–Trinajstić information content (AvgIpc) is 2.37. The van der Waals surface area contributed by atoms with Crippen LogP contribution in [0.3, 0.4) is 0 Å². The van der Waals surface area contributed by atoms with Crippen molar-refractivity contribution >= 4 is 6.21 Å². The van der Waals surface area contributed by atoms with Crippen molar-refractivity contribution in [3.8, 4) is 5.88 Å². The van der Waals surface area contributed by atoms with Gasteiger partial charge in [-0.2, -0.15) is 5.10 Å². The third kappa shape index (κ3) is 2.44. The lowest BCUT2D eigenvalue weighted by Gasteiger charge is -2.23. The Labute approximate surface area is 103 Å². The van der Waals surface area contributed by atoms with E-state index in [1.165, 1.54) is 19.7 Å². The van der Waals surface area contributed by atoms with Gasteiger partial charge in [0.25, 0.3) is 5.56 Å². The molecule has 2 rings (SSSR count). The minimum atomic E-state index is -0.646. The summed E-state index contributed by atoms with van der Waals surface area (Å²) in [6.45, 7) is 1.70. The molecule has 1 aromatic heterocycles. The molecule has 7 nitrogen and oxygen atoms in total. The van der Waals surface area contributed by atoms with E-state index in [-0.39, 0.29) is 11.4 Å². The number of aromatic nitrogens is 2. The van der Waals surface area contributed by atoms with Gasteiger partial charge in [0.1, 0.15) is 5.56 Å². The van der Waals surface area contributed by atoms with E-state index in [4.69, 9.17) is 0 Å². The highest BCUT2D eigenvalue weighted by atomic mass is 16.3. The van der Waals surface area contributed by atoms with Gasteiger partial charge in [-0.25, -0.2) is 4.79 Å². The van der Waals surface area contributed by atoms with Crippen LogP contribution in [0.15, 0.2) is 14.7 Å². The Morgan fingerprint density at radius 3 is 2.61 bits per heavy atom. The molecule has 98 valence electrons. The molecule has 0 saturated carbocycles. The SMILES string of the molecule is Cn1c(O)c(C=NN2CCCCC2)c(=O)[nH]c1=O. The van der Waals surface area contributed by atoms with Crippen LogP contribution in [0.1, 0.15) is 24.8 Å². The van der Waals surface area contributed by atoms with Gasteiger partial charge in [0.15, 0.2) is 0 Å². The number of rotatable bonds is 2. The molecule has 0 aliphatic carbocycles. The number of hydrazone groups is 1. The van der Waals surface area contributed by atoms with Crippen LogP contribution in [0.2, 0.25) is 0 Å². The first-order chi connectivity index (χ1) is 8.59. The number of piperidine rings is 1. The highest BCUT2D eigenvalue weighted by Gasteiger charge is 2.11. The Morgan fingerprint density at radius 2 is 1.94 bits per heavy atom. The molecule has 1 aliphatic heterocycles. The Hall–Kier alpha value is -2.05. The van der Waals surface area contributed by atoms with Crippen molar-refractivity contribution in [1.82, 2.24) is 14.6 Å². The zero-order valence-corrected chi connectivity index (χ0v) is 10.2. The van der Waals surface area contributed by atoms with E-state index in [9.17, 15) is 14.7 Å². The fourth-order valence-electron chi connectivity index (χ4n) is 1.88. The number of aromatic amines is 1.